The lowest BCUT2D eigenvalue weighted by atomic mass is 9.97. The van der Waals surface area contributed by atoms with Crippen LogP contribution in [-0.4, -0.2) is 9.13 Å². The second kappa shape index (κ2) is 20.2. The molecule has 0 N–H and O–H groups in total. The Kier molecular flexibility index (Phi) is 12.3. The van der Waals surface area contributed by atoms with Crippen molar-refractivity contribution in [2.45, 2.75) is 6.92 Å². The molecule has 0 atom stereocenters. The zero-order chi connectivity index (χ0) is 57.6. The maximum Gasteiger partial charge on any atom is 0.189 e. The molecule has 0 unspecified atom stereocenters. The van der Waals surface area contributed by atoms with Gasteiger partial charge >= 0.3 is 0 Å². The smallest absolute Gasteiger partial charge is 0.189 e. The van der Waals surface area contributed by atoms with Crippen molar-refractivity contribution < 1.29 is 0 Å². The van der Waals surface area contributed by atoms with Crippen LogP contribution in [0.25, 0.3) is 130 Å². The molecule has 12 aromatic rings. The lowest BCUT2D eigenvalue weighted by Crippen LogP contribution is -2.05. The summed E-state index contributed by atoms with van der Waals surface area (Å²) in [7, 11) is 0. The van der Waals surface area contributed by atoms with Crippen molar-refractivity contribution in [1.29, 1.82) is 31.6 Å². The Morgan fingerprint density at radius 1 is 0.289 bits per heavy atom. The number of nitriles is 6. The van der Waals surface area contributed by atoms with Crippen molar-refractivity contribution in [2.75, 3.05) is 0 Å². The number of rotatable bonds is 7. The van der Waals surface area contributed by atoms with Gasteiger partial charge in [-0.2, -0.15) is 31.6 Å². The Labute approximate surface area is 475 Å². The number of aryl methyl sites for hydroxylation is 1. The Morgan fingerprint density at radius 3 is 0.916 bits per heavy atom. The molecule has 12 nitrogen and oxygen atoms in total. The Hall–Kier alpha value is -13.3. The van der Waals surface area contributed by atoms with Crippen molar-refractivity contribution in [2.24, 2.45) is 0 Å². The molecule has 0 fully saturated rings. The van der Waals surface area contributed by atoms with Gasteiger partial charge in [-0.05, 0) is 196 Å². The topological polar surface area (TPSA) is 170 Å². The molecular weight excluding hydrogens is 1020 g/mol. The molecule has 0 aliphatic heterocycles. The molecule has 10 aromatic carbocycles. The number of nitrogens with zero attached hydrogens (tertiary/aromatic N) is 12. The number of hydrogen-bond donors (Lipinski definition) is 0. The summed E-state index contributed by atoms with van der Waals surface area (Å²) in [6, 6.07) is 66.7. The minimum atomic E-state index is 0.277. The quantitative estimate of drug-likeness (QED) is 0.144. The number of benzene rings is 10. The van der Waals surface area contributed by atoms with Crippen LogP contribution in [0.4, 0.5) is 22.7 Å². The summed E-state index contributed by atoms with van der Waals surface area (Å²) in [6.45, 7) is 33.2. The summed E-state index contributed by atoms with van der Waals surface area (Å²) >= 11 is 0. The molecule has 376 valence electrons. The first-order valence-electron chi connectivity index (χ1n) is 25.5. The highest BCUT2D eigenvalue weighted by Crippen LogP contribution is 2.45. The van der Waals surface area contributed by atoms with Gasteiger partial charge in [0.2, 0.25) is 0 Å². The van der Waals surface area contributed by atoms with Crippen LogP contribution < -0.4 is 0 Å². The van der Waals surface area contributed by atoms with Crippen molar-refractivity contribution in [3.63, 3.8) is 0 Å². The third-order valence-corrected chi connectivity index (χ3v) is 14.8. The van der Waals surface area contributed by atoms with Gasteiger partial charge in [0, 0.05) is 32.7 Å². The van der Waals surface area contributed by atoms with E-state index >= 15 is 0 Å². The highest BCUT2D eigenvalue weighted by molar-refractivity contribution is 6.14. The first-order valence-corrected chi connectivity index (χ1v) is 25.5. The second-order valence-corrected chi connectivity index (χ2v) is 19.8. The van der Waals surface area contributed by atoms with Gasteiger partial charge in [0.25, 0.3) is 0 Å². The first-order chi connectivity index (χ1) is 40.5. The fraction of sp³-hybridized carbons (Fsp3) is 0.0141. The SMILES string of the molecule is [C-]#[N+]c1cc(C#N)cc(-c2ccc3c(c2)c2cc(-c4cc(C#N)cc(C#N)c4)ccc2n3-c2cc(-c3cc(C)cc(C#N)c3)cc(-n3c4ccc(-c5cc(C#N)cc([N+]#[C-])c5)cc4c4cc(-c5cc([N+]#[C-])cc([N+]#[C-])c5)ccc43)c2C#N)c1. The van der Waals surface area contributed by atoms with E-state index in [4.69, 9.17) is 26.3 Å². The van der Waals surface area contributed by atoms with Crippen LogP contribution in [0.5, 0.6) is 0 Å². The van der Waals surface area contributed by atoms with Crippen LogP contribution in [0, 0.1) is 101 Å². The van der Waals surface area contributed by atoms with Crippen LogP contribution >= 0.6 is 0 Å². The van der Waals surface area contributed by atoms with Gasteiger partial charge in [0.15, 0.2) is 22.7 Å². The van der Waals surface area contributed by atoms with Crippen molar-refractivity contribution in [3.05, 3.63) is 261 Å². The predicted octanol–water partition coefficient (Wildman–Crippen LogP) is 18.0. The summed E-state index contributed by atoms with van der Waals surface area (Å²) in [5.41, 5.74) is 14.8. The predicted molar refractivity (Wildman–Crippen MR) is 320 cm³/mol. The average Bonchev–Trinajstić information content (AvgIpc) is 2.84. The third kappa shape index (κ3) is 8.77. The van der Waals surface area contributed by atoms with E-state index in [0.717, 1.165) is 49.4 Å². The molecule has 83 heavy (non-hydrogen) atoms. The van der Waals surface area contributed by atoms with Crippen LogP contribution in [0.1, 0.15) is 38.9 Å². The van der Waals surface area contributed by atoms with Gasteiger partial charge in [-0.3, -0.25) is 0 Å². The molecule has 0 aliphatic rings. The zero-order valence-electron chi connectivity index (χ0n) is 43.6. The fourth-order valence-electron chi connectivity index (χ4n) is 11.2. The van der Waals surface area contributed by atoms with E-state index in [1.165, 1.54) is 12.1 Å². The van der Waals surface area contributed by atoms with Crippen molar-refractivity contribution >= 4 is 66.4 Å². The number of aromatic nitrogens is 2. The van der Waals surface area contributed by atoms with E-state index in [-0.39, 0.29) is 5.56 Å². The number of hydrogen-bond acceptors (Lipinski definition) is 6. The van der Waals surface area contributed by atoms with Gasteiger partial charge in [-0.1, -0.05) is 48.5 Å². The Balaban J connectivity index is 1.20. The molecule has 12 rings (SSSR count). The number of fused-ring (bicyclic) bond motifs is 6. The molecule has 12 heteroatoms. The molecule has 2 heterocycles. The van der Waals surface area contributed by atoms with Gasteiger partial charge in [-0.25, -0.2) is 19.4 Å². The average molecular weight is 1050 g/mol. The van der Waals surface area contributed by atoms with Gasteiger partial charge in [0.05, 0.1) is 107 Å². The molecule has 0 spiro atoms. The molecule has 2 aromatic heterocycles. The molecule has 0 bridgehead atoms. The standard InChI is InChI=1S/C71H32N12/c1-41-14-42(35-72)17-51(15-41)56-32-70(82-66-10-6-47(52-18-43(36-73)16-44(19-52)37-74)28-61(66)62-29-48(7-11-67(62)82)53-20-45(38-75)22-57(24-53)78-2)65(40-77)71(33-56)83-68-12-8-49(54-21-46(39-76)23-58(25-54)79-3)30-63(68)64-31-50(9-13-69(64)83)55-26-59(80-4)34-60(27-55)81-5/h6-34H,1H3. The molecule has 0 amide bonds. The van der Waals surface area contributed by atoms with Gasteiger partial charge in [0.1, 0.15) is 11.6 Å². The lowest BCUT2D eigenvalue weighted by molar-refractivity contribution is 1.12. The molecule has 0 radical (unpaired) electrons. The first kappa shape index (κ1) is 50.5. The van der Waals surface area contributed by atoms with Crippen LogP contribution in [0.15, 0.2) is 176 Å². The van der Waals surface area contributed by atoms with Crippen LogP contribution in [0.2, 0.25) is 0 Å². The summed E-state index contributed by atoms with van der Waals surface area (Å²) < 4.78 is 4.07. The summed E-state index contributed by atoms with van der Waals surface area (Å²) in [6.07, 6.45) is 0. The molecule has 0 aliphatic carbocycles. The zero-order valence-corrected chi connectivity index (χ0v) is 43.6. The van der Waals surface area contributed by atoms with E-state index in [2.05, 4.69) is 55.8 Å². The second-order valence-electron chi connectivity index (χ2n) is 19.8. The lowest BCUT2D eigenvalue weighted by Gasteiger charge is -2.19. The maximum atomic E-state index is 11.9. The van der Waals surface area contributed by atoms with E-state index in [1.807, 2.05) is 113 Å². The molecule has 0 saturated heterocycles. The van der Waals surface area contributed by atoms with E-state index in [1.54, 1.807) is 66.7 Å². The summed E-state index contributed by atoms with van der Waals surface area (Å²) in [4.78, 5) is 14.6. The van der Waals surface area contributed by atoms with Crippen molar-refractivity contribution in [3.8, 4) is 103 Å². The summed E-state index contributed by atoms with van der Waals surface area (Å²) in [5, 5.41) is 65.3. The summed E-state index contributed by atoms with van der Waals surface area (Å²) in [5.74, 6) is 0. The molecular formula is C71H32N12. The van der Waals surface area contributed by atoms with E-state index in [0.29, 0.717) is 117 Å². The van der Waals surface area contributed by atoms with Crippen LogP contribution in [0.3, 0.4) is 0 Å². The largest absolute Gasteiger partial charge is 0.308 e. The monoisotopic (exact) mass is 1050 g/mol. The van der Waals surface area contributed by atoms with Gasteiger partial charge < -0.3 is 9.13 Å². The third-order valence-electron chi connectivity index (χ3n) is 14.8. The normalized spacial score (nSPS) is 10.6. The van der Waals surface area contributed by atoms with Crippen LogP contribution in [-0.2, 0) is 0 Å². The Morgan fingerprint density at radius 2 is 0.578 bits per heavy atom. The van der Waals surface area contributed by atoms with E-state index in [9.17, 15) is 31.6 Å². The van der Waals surface area contributed by atoms with Gasteiger partial charge in [-0.15, -0.1) is 0 Å². The highest BCUT2D eigenvalue weighted by atomic mass is 15.0. The minimum absolute atomic E-state index is 0.277. The minimum Gasteiger partial charge on any atom is -0.308 e. The van der Waals surface area contributed by atoms with E-state index < -0.39 is 0 Å². The van der Waals surface area contributed by atoms with Crippen molar-refractivity contribution in [1.82, 2.24) is 9.13 Å². The fourth-order valence-corrected chi connectivity index (χ4v) is 11.2. The Bertz CT molecular complexity index is 4680. The molecule has 0 saturated carbocycles. The highest BCUT2D eigenvalue weighted by Gasteiger charge is 2.25. The maximum absolute atomic E-state index is 11.9.